The van der Waals surface area contributed by atoms with E-state index in [0.717, 1.165) is 18.5 Å². The number of rotatable bonds is 6. The minimum atomic E-state index is -0.767. The quantitative estimate of drug-likeness (QED) is 0.775. The van der Waals surface area contributed by atoms with Crippen molar-refractivity contribution >= 4 is 5.97 Å². The monoisotopic (exact) mass is 221 g/mol. The molecule has 0 saturated carbocycles. The molecule has 0 aliphatic rings. The average Bonchev–Trinajstić information content (AvgIpc) is 2.28. The van der Waals surface area contributed by atoms with Crippen LogP contribution in [0.4, 0.5) is 0 Å². The molecule has 88 valence electrons. The highest BCUT2D eigenvalue weighted by Gasteiger charge is 2.16. The van der Waals surface area contributed by atoms with Crippen molar-refractivity contribution in [2.45, 2.75) is 32.7 Å². The van der Waals surface area contributed by atoms with Crippen molar-refractivity contribution in [1.82, 2.24) is 5.32 Å². The number of hydrogen-bond acceptors (Lipinski definition) is 2. The minimum Gasteiger partial charge on any atom is -0.481 e. The van der Waals surface area contributed by atoms with Gasteiger partial charge < -0.3 is 10.4 Å². The number of carboxylic acids is 1. The van der Waals surface area contributed by atoms with Gasteiger partial charge in [0.2, 0.25) is 0 Å². The molecule has 0 spiro atoms. The summed E-state index contributed by atoms with van der Waals surface area (Å²) in [6, 6.07) is 7.93. The maximum atomic E-state index is 10.8. The van der Waals surface area contributed by atoms with Crippen molar-refractivity contribution < 1.29 is 9.90 Å². The zero-order chi connectivity index (χ0) is 12.0. The van der Waals surface area contributed by atoms with E-state index < -0.39 is 5.97 Å². The lowest BCUT2D eigenvalue weighted by atomic mass is 9.96. The van der Waals surface area contributed by atoms with Gasteiger partial charge in [-0.3, -0.25) is 4.79 Å². The second-order valence-electron chi connectivity index (χ2n) is 3.76. The number of nitrogens with one attached hydrogen (secondary N) is 1. The fourth-order valence-corrected chi connectivity index (χ4v) is 1.91. The summed E-state index contributed by atoms with van der Waals surface area (Å²) in [4.78, 5) is 10.8. The van der Waals surface area contributed by atoms with Gasteiger partial charge in [0.25, 0.3) is 0 Å². The molecule has 0 aliphatic heterocycles. The van der Waals surface area contributed by atoms with E-state index >= 15 is 0 Å². The van der Waals surface area contributed by atoms with Crippen LogP contribution in [-0.4, -0.2) is 17.6 Å². The van der Waals surface area contributed by atoms with Crippen molar-refractivity contribution in [3.05, 3.63) is 35.4 Å². The third-order valence-corrected chi connectivity index (χ3v) is 2.64. The summed E-state index contributed by atoms with van der Waals surface area (Å²) in [6.07, 6.45) is 1.06. The largest absolute Gasteiger partial charge is 0.481 e. The molecule has 2 N–H and O–H groups in total. The number of aliphatic carboxylic acids is 1. The van der Waals surface area contributed by atoms with Crippen LogP contribution in [0, 0.1) is 0 Å². The number of aryl methyl sites for hydroxylation is 1. The molecule has 1 unspecified atom stereocenters. The summed E-state index contributed by atoms with van der Waals surface area (Å²) in [5.41, 5.74) is 2.32. The van der Waals surface area contributed by atoms with Crippen molar-refractivity contribution in [3.8, 4) is 0 Å². The van der Waals surface area contributed by atoms with Crippen molar-refractivity contribution in [1.29, 1.82) is 0 Å². The summed E-state index contributed by atoms with van der Waals surface area (Å²) in [5.74, 6) is -0.767. The van der Waals surface area contributed by atoms with Crippen LogP contribution in [0.3, 0.4) is 0 Å². The smallest absolute Gasteiger partial charge is 0.305 e. The molecule has 1 atom stereocenters. The molecule has 0 amide bonds. The van der Waals surface area contributed by atoms with Gasteiger partial charge in [-0.25, -0.2) is 0 Å². The molecule has 0 saturated heterocycles. The van der Waals surface area contributed by atoms with E-state index in [1.165, 1.54) is 5.56 Å². The Balaban J connectivity index is 2.94. The molecule has 1 aromatic rings. The van der Waals surface area contributed by atoms with Crippen molar-refractivity contribution in [2.75, 3.05) is 6.54 Å². The van der Waals surface area contributed by atoms with Gasteiger partial charge in [-0.15, -0.1) is 0 Å². The van der Waals surface area contributed by atoms with E-state index in [-0.39, 0.29) is 12.5 Å². The first kappa shape index (κ1) is 12.7. The van der Waals surface area contributed by atoms with E-state index in [1.807, 2.05) is 25.1 Å². The summed E-state index contributed by atoms with van der Waals surface area (Å²) >= 11 is 0. The number of carbonyl (C=O) groups is 1. The molecule has 0 aromatic heterocycles. The Morgan fingerprint density at radius 1 is 1.38 bits per heavy atom. The molecule has 0 fully saturated rings. The van der Waals surface area contributed by atoms with Gasteiger partial charge in [-0.1, -0.05) is 38.1 Å². The van der Waals surface area contributed by atoms with Crippen LogP contribution in [0.5, 0.6) is 0 Å². The molecular weight excluding hydrogens is 202 g/mol. The van der Waals surface area contributed by atoms with Crippen LogP contribution in [-0.2, 0) is 11.2 Å². The first-order chi connectivity index (χ1) is 7.69. The Hall–Kier alpha value is -1.35. The normalized spacial score (nSPS) is 12.4. The maximum absolute atomic E-state index is 10.8. The summed E-state index contributed by atoms with van der Waals surface area (Å²) in [7, 11) is 0. The molecule has 16 heavy (non-hydrogen) atoms. The molecule has 1 aromatic carbocycles. The predicted octanol–water partition coefficient (Wildman–Crippen LogP) is 2.37. The number of hydrogen-bond donors (Lipinski definition) is 2. The highest BCUT2D eigenvalue weighted by atomic mass is 16.4. The number of carboxylic acid groups (broad SMARTS) is 1. The first-order valence-corrected chi connectivity index (χ1v) is 5.72. The third kappa shape index (κ3) is 3.35. The molecule has 0 heterocycles. The van der Waals surface area contributed by atoms with Crippen LogP contribution in [0.15, 0.2) is 24.3 Å². The second-order valence-corrected chi connectivity index (χ2v) is 3.76. The lowest BCUT2D eigenvalue weighted by Gasteiger charge is -2.19. The maximum Gasteiger partial charge on any atom is 0.305 e. The predicted molar refractivity (Wildman–Crippen MR) is 64.5 cm³/mol. The summed E-state index contributed by atoms with van der Waals surface area (Å²) in [6.45, 7) is 4.85. The Morgan fingerprint density at radius 2 is 2.06 bits per heavy atom. The van der Waals surface area contributed by atoms with Crippen LogP contribution >= 0.6 is 0 Å². The topological polar surface area (TPSA) is 49.3 Å². The van der Waals surface area contributed by atoms with E-state index in [1.54, 1.807) is 0 Å². The van der Waals surface area contributed by atoms with Gasteiger partial charge in [-0.2, -0.15) is 0 Å². The molecule has 0 bridgehead atoms. The Kier molecular flexibility index (Phi) is 4.99. The summed E-state index contributed by atoms with van der Waals surface area (Å²) in [5, 5.41) is 12.1. The Labute approximate surface area is 96.5 Å². The Morgan fingerprint density at radius 3 is 2.62 bits per heavy atom. The molecule has 0 aliphatic carbocycles. The molecule has 0 radical (unpaired) electrons. The van der Waals surface area contributed by atoms with Gasteiger partial charge in [-0.05, 0) is 24.1 Å². The first-order valence-electron chi connectivity index (χ1n) is 5.72. The minimum absolute atomic E-state index is 0.0846. The van der Waals surface area contributed by atoms with Gasteiger partial charge in [0, 0.05) is 6.04 Å². The van der Waals surface area contributed by atoms with E-state index in [2.05, 4.69) is 18.3 Å². The highest BCUT2D eigenvalue weighted by Crippen LogP contribution is 2.21. The molecule has 1 rings (SSSR count). The fraction of sp³-hybridized carbons (Fsp3) is 0.462. The standard InChI is InChI=1S/C13H19NO2/c1-3-10-7-5-6-8-11(10)12(14-4-2)9-13(15)16/h5-8,12,14H,3-4,9H2,1-2H3,(H,15,16). The van der Waals surface area contributed by atoms with Crippen LogP contribution in [0.1, 0.15) is 37.4 Å². The zero-order valence-corrected chi connectivity index (χ0v) is 9.86. The van der Waals surface area contributed by atoms with E-state index in [0.29, 0.717) is 0 Å². The Bertz CT molecular complexity index is 350. The average molecular weight is 221 g/mol. The third-order valence-electron chi connectivity index (χ3n) is 2.64. The van der Waals surface area contributed by atoms with Gasteiger partial charge in [0.15, 0.2) is 0 Å². The zero-order valence-electron chi connectivity index (χ0n) is 9.86. The van der Waals surface area contributed by atoms with Gasteiger partial charge in [0.05, 0.1) is 6.42 Å². The van der Waals surface area contributed by atoms with Crippen LogP contribution in [0.2, 0.25) is 0 Å². The van der Waals surface area contributed by atoms with E-state index in [4.69, 9.17) is 5.11 Å². The van der Waals surface area contributed by atoms with Crippen LogP contribution in [0.25, 0.3) is 0 Å². The lowest BCUT2D eigenvalue weighted by molar-refractivity contribution is -0.137. The number of benzene rings is 1. The summed E-state index contributed by atoms with van der Waals surface area (Å²) < 4.78 is 0. The second kappa shape index (κ2) is 6.28. The van der Waals surface area contributed by atoms with E-state index in [9.17, 15) is 4.79 Å². The molecule has 3 nitrogen and oxygen atoms in total. The van der Waals surface area contributed by atoms with Gasteiger partial charge >= 0.3 is 5.97 Å². The van der Waals surface area contributed by atoms with Gasteiger partial charge in [0.1, 0.15) is 0 Å². The van der Waals surface area contributed by atoms with Crippen LogP contribution < -0.4 is 5.32 Å². The highest BCUT2D eigenvalue weighted by molar-refractivity contribution is 5.68. The molecular formula is C13H19NO2. The molecule has 3 heteroatoms. The van der Waals surface area contributed by atoms with Crippen molar-refractivity contribution in [3.63, 3.8) is 0 Å². The van der Waals surface area contributed by atoms with Crippen molar-refractivity contribution in [2.24, 2.45) is 0 Å². The fourth-order valence-electron chi connectivity index (χ4n) is 1.91. The lowest BCUT2D eigenvalue weighted by Crippen LogP contribution is -2.24. The SMILES string of the molecule is CCNC(CC(=O)O)c1ccccc1CC.